The van der Waals surface area contributed by atoms with Gasteiger partial charge in [0, 0.05) is 0 Å². The third-order valence-electron chi connectivity index (χ3n) is 6.27. The van der Waals surface area contributed by atoms with E-state index < -0.39 is 0 Å². The first-order valence-electron chi connectivity index (χ1n) is 9.31. The van der Waals surface area contributed by atoms with Gasteiger partial charge in [-0.25, -0.2) is 0 Å². The molecule has 0 heterocycles. The average molecular weight is 264 g/mol. The van der Waals surface area contributed by atoms with Gasteiger partial charge in [-0.1, -0.05) is 90.9 Å². The van der Waals surface area contributed by atoms with Crippen molar-refractivity contribution in [3.05, 3.63) is 0 Å². The topological polar surface area (TPSA) is 0 Å². The third kappa shape index (κ3) is 4.80. The van der Waals surface area contributed by atoms with Crippen LogP contribution in [0.1, 0.15) is 97.3 Å². The van der Waals surface area contributed by atoms with E-state index in [4.69, 9.17) is 0 Å². The zero-order valence-electron chi connectivity index (χ0n) is 13.5. The Kier molecular flexibility index (Phi) is 6.74. The summed E-state index contributed by atoms with van der Waals surface area (Å²) in [6.45, 7) is 5.03. The maximum absolute atomic E-state index is 2.58. The first kappa shape index (κ1) is 15.4. The van der Waals surface area contributed by atoms with Crippen molar-refractivity contribution < 1.29 is 0 Å². The van der Waals surface area contributed by atoms with Crippen molar-refractivity contribution in [1.29, 1.82) is 0 Å². The molecule has 0 spiro atoms. The van der Waals surface area contributed by atoms with Crippen molar-refractivity contribution in [2.75, 3.05) is 0 Å². The Morgan fingerprint density at radius 1 is 0.789 bits per heavy atom. The standard InChI is InChI=1S/C19H36/c1-3-18(15-17-11-7-4-5-8-12-17)16(2)19-13-9-6-10-14-19/h16-19H,3-15H2,1-2H3. The molecule has 0 bridgehead atoms. The molecule has 2 atom stereocenters. The van der Waals surface area contributed by atoms with Gasteiger partial charge in [-0.3, -0.25) is 0 Å². The zero-order chi connectivity index (χ0) is 13.5. The lowest BCUT2D eigenvalue weighted by atomic mass is 9.71. The molecule has 0 radical (unpaired) electrons. The zero-order valence-corrected chi connectivity index (χ0v) is 13.5. The number of hydrogen-bond donors (Lipinski definition) is 0. The van der Waals surface area contributed by atoms with Crippen LogP contribution in [0.25, 0.3) is 0 Å². The van der Waals surface area contributed by atoms with Gasteiger partial charge in [0.15, 0.2) is 0 Å². The summed E-state index contributed by atoms with van der Waals surface area (Å²) in [4.78, 5) is 0. The van der Waals surface area contributed by atoms with Gasteiger partial charge in [-0.15, -0.1) is 0 Å². The van der Waals surface area contributed by atoms with E-state index >= 15 is 0 Å². The minimum atomic E-state index is 0.994. The Balaban J connectivity index is 1.83. The highest BCUT2D eigenvalue weighted by Crippen LogP contribution is 2.39. The maximum Gasteiger partial charge on any atom is -0.0386 e. The SMILES string of the molecule is CCC(CC1CCCCCC1)C(C)C1CCCCC1. The highest BCUT2D eigenvalue weighted by Gasteiger charge is 2.28. The normalized spacial score (nSPS) is 26.8. The van der Waals surface area contributed by atoms with E-state index in [0.717, 1.165) is 23.7 Å². The fourth-order valence-electron chi connectivity index (χ4n) is 4.83. The van der Waals surface area contributed by atoms with Gasteiger partial charge in [-0.05, 0) is 30.1 Å². The van der Waals surface area contributed by atoms with Crippen LogP contribution in [0.5, 0.6) is 0 Å². The molecule has 19 heavy (non-hydrogen) atoms. The molecule has 2 rings (SSSR count). The highest BCUT2D eigenvalue weighted by molar-refractivity contribution is 4.79. The van der Waals surface area contributed by atoms with Crippen LogP contribution in [0.4, 0.5) is 0 Å². The Labute approximate surface area is 121 Å². The summed E-state index contributed by atoms with van der Waals surface area (Å²) in [7, 11) is 0. The predicted octanol–water partition coefficient (Wildman–Crippen LogP) is 6.59. The summed E-state index contributed by atoms with van der Waals surface area (Å²) < 4.78 is 0. The summed E-state index contributed by atoms with van der Waals surface area (Å²) in [5.74, 6) is 4.14. The summed E-state index contributed by atoms with van der Waals surface area (Å²) >= 11 is 0. The second kappa shape index (κ2) is 8.32. The first-order chi connectivity index (χ1) is 9.31. The van der Waals surface area contributed by atoms with Crippen LogP contribution in [0.2, 0.25) is 0 Å². The molecule has 0 aromatic heterocycles. The molecule has 2 unspecified atom stereocenters. The Hall–Kier alpha value is 0. The van der Waals surface area contributed by atoms with Crippen LogP contribution in [0, 0.1) is 23.7 Å². The largest absolute Gasteiger partial charge is 0.0651 e. The van der Waals surface area contributed by atoms with Crippen molar-refractivity contribution in [3.63, 3.8) is 0 Å². The van der Waals surface area contributed by atoms with Gasteiger partial charge >= 0.3 is 0 Å². The fourth-order valence-corrected chi connectivity index (χ4v) is 4.83. The third-order valence-corrected chi connectivity index (χ3v) is 6.27. The van der Waals surface area contributed by atoms with Crippen molar-refractivity contribution in [2.24, 2.45) is 23.7 Å². The maximum atomic E-state index is 2.58. The van der Waals surface area contributed by atoms with Crippen molar-refractivity contribution in [1.82, 2.24) is 0 Å². The van der Waals surface area contributed by atoms with Gasteiger partial charge in [-0.2, -0.15) is 0 Å². The van der Waals surface area contributed by atoms with E-state index in [-0.39, 0.29) is 0 Å². The molecule has 2 fully saturated rings. The lowest BCUT2D eigenvalue weighted by Crippen LogP contribution is -2.24. The quantitative estimate of drug-likeness (QED) is 0.491. The minimum absolute atomic E-state index is 0.994. The van der Waals surface area contributed by atoms with Crippen molar-refractivity contribution >= 4 is 0 Å². The Morgan fingerprint density at radius 2 is 1.32 bits per heavy atom. The molecule has 2 saturated carbocycles. The number of hydrogen-bond acceptors (Lipinski definition) is 0. The van der Waals surface area contributed by atoms with Gasteiger partial charge in [0.2, 0.25) is 0 Å². The molecular weight excluding hydrogens is 228 g/mol. The van der Waals surface area contributed by atoms with Crippen LogP contribution in [0.3, 0.4) is 0 Å². The fraction of sp³-hybridized carbons (Fsp3) is 1.00. The number of rotatable bonds is 5. The van der Waals surface area contributed by atoms with Crippen LogP contribution in [-0.2, 0) is 0 Å². The lowest BCUT2D eigenvalue weighted by molar-refractivity contribution is 0.161. The second-order valence-corrected chi connectivity index (χ2v) is 7.52. The van der Waals surface area contributed by atoms with Gasteiger partial charge in [0.05, 0.1) is 0 Å². The van der Waals surface area contributed by atoms with Crippen LogP contribution in [0.15, 0.2) is 0 Å². The van der Waals surface area contributed by atoms with E-state index in [2.05, 4.69) is 13.8 Å². The molecule has 112 valence electrons. The molecule has 0 nitrogen and oxygen atoms in total. The molecule has 0 amide bonds. The second-order valence-electron chi connectivity index (χ2n) is 7.52. The van der Waals surface area contributed by atoms with Crippen LogP contribution < -0.4 is 0 Å². The van der Waals surface area contributed by atoms with Gasteiger partial charge in [0.25, 0.3) is 0 Å². The van der Waals surface area contributed by atoms with Crippen LogP contribution >= 0.6 is 0 Å². The Bertz CT molecular complexity index is 218. The van der Waals surface area contributed by atoms with Gasteiger partial charge in [0.1, 0.15) is 0 Å². The first-order valence-corrected chi connectivity index (χ1v) is 9.31. The van der Waals surface area contributed by atoms with E-state index in [0.29, 0.717) is 0 Å². The molecule has 0 N–H and O–H groups in total. The average Bonchev–Trinajstić information content (AvgIpc) is 2.73. The van der Waals surface area contributed by atoms with E-state index in [1.807, 2.05) is 0 Å². The smallest absolute Gasteiger partial charge is 0.0386 e. The van der Waals surface area contributed by atoms with Crippen molar-refractivity contribution in [3.8, 4) is 0 Å². The molecule has 0 aromatic carbocycles. The lowest BCUT2D eigenvalue weighted by Gasteiger charge is -2.35. The molecular formula is C19H36. The highest BCUT2D eigenvalue weighted by atomic mass is 14.3. The minimum Gasteiger partial charge on any atom is -0.0651 e. The van der Waals surface area contributed by atoms with Crippen molar-refractivity contribution in [2.45, 2.75) is 97.3 Å². The van der Waals surface area contributed by atoms with E-state index in [9.17, 15) is 0 Å². The molecule has 0 heteroatoms. The monoisotopic (exact) mass is 264 g/mol. The predicted molar refractivity (Wildman–Crippen MR) is 85.3 cm³/mol. The van der Waals surface area contributed by atoms with Crippen LogP contribution in [-0.4, -0.2) is 0 Å². The van der Waals surface area contributed by atoms with E-state index in [1.54, 1.807) is 6.42 Å². The Morgan fingerprint density at radius 3 is 1.89 bits per heavy atom. The van der Waals surface area contributed by atoms with Gasteiger partial charge < -0.3 is 0 Å². The molecule has 0 saturated heterocycles. The van der Waals surface area contributed by atoms with E-state index in [1.165, 1.54) is 77.0 Å². The summed E-state index contributed by atoms with van der Waals surface area (Å²) in [5, 5.41) is 0. The molecule has 2 aliphatic rings. The summed E-state index contributed by atoms with van der Waals surface area (Å²) in [5.41, 5.74) is 0. The molecule has 0 aliphatic heterocycles. The molecule has 2 aliphatic carbocycles. The summed E-state index contributed by atoms with van der Waals surface area (Å²) in [6.07, 6.45) is 19.7. The molecule has 0 aromatic rings. The summed E-state index contributed by atoms with van der Waals surface area (Å²) in [6, 6.07) is 0.